The van der Waals surface area contributed by atoms with Gasteiger partial charge in [0.25, 0.3) is 5.91 Å². The van der Waals surface area contributed by atoms with E-state index in [-0.39, 0.29) is 23.6 Å². The molecule has 0 radical (unpaired) electrons. The maximum atomic E-state index is 11.8. The molecule has 0 bridgehead atoms. The van der Waals surface area contributed by atoms with Crippen LogP contribution in [-0.2, 0) is 4.79 Å². The molecule has 1 atom stereocenters. The number of nitrogens with two attached hydrogens (primary N) is 1. The molecule has 1 aromatic carbocycles. The van der Waals surface area contributed by atoms with Crippen molar-refractivity contribution in [2.75, 3.05) is 11.5 Å². The Bertz CT molecular complexity index is 452. The van der Waals surface area contributed by atoms with Gasteiger partial charge in [0.15, 0.2) is 0 Å². The number of imide groups is 1. The van der Waals surface area contributed by atoms with Crippen molar-refractivity contribution in [3.8, 4) is 0 Å². The number of hydrogen-bond donors (Lipinski definition) is 2. The van der Waals surface area contributed by atoms with Crippen LogP contribution in [0.15, 0.2) is 28.7 Å². The third-order valence-electron chi connectivity index (χ3n) is 2.32. The maximum Gasteiger partial charge on any atom is 0.259 e. The summed E-state index contributed by atoms with van der Waals surface area (Å²) < 4.78 is 0.671. The number of hydrogen-bond acceptors (Lipinski definition) is 4. The fourth-order valence-corrected chi connectivity index (χ4v) is 2.71. The molecule has 0 aliphatic heterocycles. The molecule has 0 saturated carbocycles. The van der Waals surface area contributed by atoms with Gasteiger partial charge in [-0.2, -0.15) is 11.8 Å². The van der Waals surface area contributed by atoms with Gasteiger partial charge >= 0.3 is 0 Å². The number of carbonyl (C=O) groups is 2. The Hall–Kier alpha value is -0.850. The minimum absolute atomic E-state index is 0.137. The Morgan fingerprint density at radius 1 is 1.42 bits per heavy atom. The topological polar surface area (TPSA) is 72.2 Å². The average Bonchev–Trinajstić information content (AvgIpc) is 2.35. The Morgan fingerprint density at radius 2 is 2.11 bits per heavy atom. The molecule has 0 saturated heterocycles. The zero-order valence-corrected chi connectivity index (χ0v) is 13.1. The van der Waals surface area contributed by atoms with Gasteiger partial charge in [-0.15, -0.1) is 0 Å². The normalized spacial score (nSPS) is 11.9. The van der Waals surface area contributed by atoms with E-state index in [0.717, 1.165) is 12.2 Å². The summed E-state index contributed by atoms with van der Waals surface area (Å²) >= 11 is 4.75. The first kappa shape index (κ1) is 16.2. The van der Waals surface area contributed by atoms with Gasteiger partial charge in [-0.25, -0.2) is 0 Å². The van der Waals surface area contributed by atoms with Gasteiger partial charge in [-0.05, 0) is 47.2 Å². The molecule has 0 fully saturated rings. The quantitative estimate of drug-likeness (QED) is 0.775. The van der Waals surface area contributed by atoms with Crippen molar-refractivity contribution in [3.05, 3.63) is 34.3 Å². The van der Waals surface area contributed by atoms with E-state index in [1.807, 2.05) is 13.0 Å². The van der Waals surface area contributed by atoms with Crippen molar-refractivity contribution in [2.45, 2.75) is 19.4 Å². The van der Waals surface area contributed by atoms with Crippen molar-refractivity contribution in [1.29, 1.82) is 0 Å². The second-order valence-electron chi connectivity index (χ2n) is 4.18. The molecule has 3 N–H and O–H groups in total. The maximum absolute atomic E-state index is 11.8. The molecule has 0 aliphatic rings. The molecule has 4 nitrogen and oxygen atoms in total. The molecular weight excluding hydrogens is 328 g/mol. The monoisotopic (exact) mass is 344 g/mol. The molecule has 1 unspecified atom stereocenters. The molecule has 6 heteroatoms. The lowest BCUT2D eigenvalue weighted by Crippen LogP contribution is -2.32. The second-order valence-corrected chi connectivity index (χ2v) is 6.14. The Balaban J connectivity index is 2.37. The molecule has 0 heterocycles. The lowest BCUT2D eigenvalue weighted by atomic mass is 10.2. The predicted octanol–water partition coefficient (Wildman–Crippen LogP) is 2.18. The summed E-state index contributed by atoms with van der Waals surface area (Å²) in [6, 6.07) is 7.12. The van der Waals surface area contributed by atoms with Gasteiger partial charge in [-0.3, -0.25) is 14.9 Å². The highest BCUT2D eigenvalue weighted by Gasteiger charge is 2.12. The van der Waals surface area contributed by atoms with E-state index in [4.69, 9.17) is 5.73 Å². The zero-order chi connectivity index (χ0) is 14.3. The lowest BCUT2D eigenvalue weighted by molar-refractivity contribution is -0.117. The third kappa shape index (κ3) is 6.22. The summed E-state index contributed by atoms with van der Waals surface area (Å²) in [5, 5.41) is 2.37. The number of benzene rings is 1. The van der Waals surface area contributed by atoms with Crippen LogP contribution in [0, 0.1) is 0 Å². The zero-order valence-electron chi connectivity index (χ0n) is 10.7. The van der Waals surface area contributed by atoms with Crippen LogP contribution in [0.5, 0.6) is 0 Å². The first-order chi connectivity index (χ1) is 9.00. The predicted molar refractivity (Wildman–Crippen MR) is 82.2 cm³/mol. The van der Waals surface area contributed by atoms with E-state index in [1.54, 1.807) is 18.2 Å². The van der Waals surface area contributed by atoms with E-state index < -0.39 is 0 Å². The first-order valence-corrected chi connectivity index (χ1v) is 7.87. The average molecular weight is 345 g/mol. The summed E-state index contributed by atoms with van der Waals surface area (Å²) in [6.07, 6.45) is 0.857. The van der Waals surface area contributed by atoms with Crippen molar-refractivity contribution in [1.82, 2.24) is 5.32 Å². The molecule has 1 rings (SSSR count). The molecule has 0 aliphatic carbocycles. The van der Waals surface area contributed by atoms with Crippen molar-refractivity contribution in [3.63, 3.8) is 0 Å². The van der Waals surface area contributed by atoms with E-state index in [0.29, 0.717) is 10.0 Å². The van der Waals surface area contributed by atoms with Gasteiger partial charge in [0, 0.05) is 10.5 Å². The van der Waals surface area contributed by atoms with Crippen LogP contribution in [0.4, 0.5) is 0 Å². The van der Waals surface area contributed by atoms with E-state index in [9.17, 15) is 9.59 Å². The summed E-state index contributed by atoms with van der Waals surface area (Å²) in [4.78, 5) is 23.4. The number of nitrogens with one attached hydrogen (secondary N) is 1. The summed E-state index contributed by atoms with van der Waals surface area (Å²) in [5.41, 5.74) is 6.06. The van der Waals surface area contributed by atoms with Crippen LogP contribution in [0.3, 0.4) is 0 Å². The first-order valence-electron chi connectivity index (χ1n) is 5.92. The van der Waals surface area contributed by atoms with Crippen LogP contribution in [0.1, 0.15) is 23.7 Å². The number of carbonyl (C=O) groups excluding carboxylic acids is 2. The fourth-order valence-electron chi connectivity index (χ4n) is 1.31. The summed E-state index contributed by atoms with van der Waals surface area (Å²) in [7, 11) is 0. The highest BCUT2D eigenvalue weighted by atomic mass is 79.9. The van der Waals surface area contributed by atoms with Gasteiger partial charge in [0.05, 0.1) is 11.3 Å². The molecule has 19 heavy (non-hydrogen) atoms. The van der Waals surface area contributed by atoms with Crippen LogP contribution < -0.4 is 11.1 Å². The Kier molecular flexibility index (Phi) is 7.12. The third-order valence-corrected chi connectivity index (χ3v) is 4.00. The van der Waals surface area contributed by atoms with Gasteiger partial charge < -0.3 is 5.73 Å². The van der Waals surface area contributed by atoms with Crippen molar-refractivity contribution in [2.24, 2.45) is 5.73 Å². The standard InChI is InChI=1S/C13H17BrN2O2S/c1-9(15)6-7-19-8-12(17)16-13(18)10-4-2-3-5-11(10)14/h2-5,9H,6-8,15H2,1H3,(H,16,17,18). The largest absolute Gasteiger partial charge is 0.328 e. The smallest absolute Gasteiger partial charge is 0.259 e. The Labute approximate surface area is 125 Å². The van der Waals surface area contributed by atoms with E-state index in [2.05, 4.69) is 21.2 Å². The number of halogens is 1. The minimum atomic E-state index is -0.384. The second kappa shape index (κ2) is 8.35. The van der Waals surface area contributed by atoms with Crippen molar-refractivity contribution < 1.29 is 9.59 Å². The molecule has 0 spiro atoms. The number of amides is 2. The molecule has 104 valence electrons. The summed E-state index contributed by atoms with van der Waals surface area (Å²) in [6.45, 7) is 1.93. The fraction of sp³-hybridized carbons (Fsp3) is 0.385. The van der Waals surface area contributed by atoms with Gasteiger partial charge in [0.1, 0.15) is 0 Å². The SMILES string of the molecule is CC(N)CCSCC(=O)NC(=O)c1ccccc1Br. The summed E-state index contributed by atoms with van der Waals surface area (Å²) in [5.74, 6) is 0.415. The molecule has 1 aromatic rings. The number of thioether (sulfide) groups is 1. The van der Waals surface area contributed by atoms with Gasteiger partial charge in [-0.1, -0.05) is 12.1 Å². The molecule has 0 aromatic heterocycles. The minimum Gasteiger partial charge on any atom is -0.328 e. The number of rotatable bonds is 6. The van der Waals surface area contributed by atoms with Crippen LogP contribution in [0.25, 0.3) is 0 Å². The van der Waals surface area contributed by atoms with Crippen LogP contribution in [0.2, 0.25) is 0 Å². The molecular formula is C13H17BrN2O2S. The highest BCUT2D eigenvalue weighted by Crippen LogP contribution is 2.15. The lowest BCUT2D eigenvalue weighted by Gasteiger charge is -2.06. The van der Waals surface area contributed by atoms with Gasteiger partial charge in [0.2, 0.25) is 5.91 Å². The van der Waals surface area contributed by atoms with E-state index in [1.165, 1.54) is 11.8 Å². The van der Waals surface area contributed by atoms with E-state index >= 15 is 0 Å². The molecule has 2 amide bonds. The Morgan fingerprint density at radius 3 is 2.74 bits per heavy atom. The van der Waals surface area contributed by atoms with Crippen LogP contribution >= 0.6 is 27.7 Å². The van der Waals surface area contributed by atoms with Crippen LogP contribution in [-0.4, -0.2) is 29.4 Å². The van der Waals surface area contributed by atoms with Crippen molar-refractivity contribution >= 4 is 39.5 Å². The highest BCUT2D eigenvalue weighted by molar-refractivity contribution is 9.10.